The van der Waals surface area contributed by atoms with E-state index < -0.39 is 0 Å². The van der Waals surface area contributed by atoms with E-state index in [-0.39, 0.29) is 0 Å². The zero-order chi connectivity index (χ0) is 10.4. The molecule has 3 nitrogen and oxygen atoms in total. The van der Waals surface area contributed by atoms with Gasteiger partial charge in [0, 0.05) is 32.8 Å². The van der Waals surface area contributed by atoms with Crippen LogP contribution in [0.25, 0.3) is 0 Å². The quantitative estimate of drug-likeness (QED) is 0.630. The molecule has 0 bridgehead atoms. The molecule has 84 valence electrons. The number of hydrogen-bond acceptors (Lipinski definition) is 3. The van der Waals surface area contributed by atoms with Gasteiger partial charge in [-0.05, 0) is 26.7 Å². The van der Waals surface area contributed by atoms with Gasteiger partial charge in [0.15, 0.2) is 0 Å². The predicted molar refractivity (Wildman–Crippen MR) is 57.6 cm³/mol. The zero-order valence-corrected chi connectivity index (χ0v) is 9.66. The Labute approximate surface area is 87.4 Å². The molecule has 0 aromatic rings. The molecule has 0 amide bonds. The van der Waals surface area contributed by atoms with Crippen molar-refractivity contribution in [2.45, 2.75) is 38.8 Å². The number of ether oxygens (including phenoxy) is 2. The molecule has 3 heteroatoms. The fourth-order valence-corrected chi connectivity index (χ4v) is 1.84. The number of methoxy groups -OCH3 is 1. The van der Waals surface area contributed by atoms with E-state index in [0.717, 1.165) is 39.1 Å². The average Bonchev–Trinajstić information content (AvgIpc) is 2.19. The van der Waals surface area contributed by atoms with E-state index in [1.165, 1.54) is 0 Å². The fourth-order valence-electron chi connectivity index (χ4n) is 1.84. The molecule has 0 N–H and O–H groups in total. The van der Waals surface area contributed by atoms with E-state index in [9.17, 15) is 0 Å². The summed E-state index contributed by atoms with van der Waals surface area (Å²) in [5.74, 6) is 0. The van der Waals surface area contributed by atoms with E-state index in [0.29, 0.717) is 12.1 Å². The summed E-state index contributed by atoms with van der Waals surface area (Å²) in [6.45, 7) is 8.40. The van der Waals surface area contributed by atoms with Crippen LogP contribution >= 0.6 is 0 Å². The van der Waals surface area contributed by atoms with Crippen molar-refractivity contribution < 1.29 is 9.47 Å². The second kappa shape index (κ2) is 6.38. The molecule has 1 aliphatic rings. The third kappa shape index (κ3) is 3.95. The van der Waals surface area contributed by atoms with Crippen molar-refractivity contribution in [2.24, 2.45) is 0 Å². The molecular weight excluding hydrogens is 178 g/mol. The van der Waals surface area contributed by atoms with Crippen molar-refractivity contribution in [1.29, 1.82) is 0 Å². The van der Waals surface area contributed by atoms with Crippen molar-refractivity contribution >= 4 is 0 Å². The standard InChI is InChI=1S/C11H23NO2/c1-10(2)12-6-8-14-11(9-12)5-4-7-13-3/h10-11H,4-9H2,1-3H3. The number of rotatable bonds is 5. The lowest BCUT2D eigenvalue weighted by molar-refractivity contribution is -0.0444. The topological polar surface area (TPSA) is 21.7 Å². The summed E-state index contributed by atoms with van der Waals surface area (Å²) in [6.07, 6.45) is 2.64. The third-order valence-electron chi connectivity index (χ3n) is 2.78. The minimum Gasteiger partial charge on any atom is -0.385 e. The smallest absolute Gasteiger partial charge is 0.0703 e. The Morgan fingerprint density at radius 1 is 1.50 bits per heavy atom. The van der Waals surface area contributed by atoms with E-state index in [4.69, 9.17) is 9.47 Å². The lowest BCUT2D eigenvalue weighted by Gasteiger charge is -2.35. The van der Waals surface area contributed by atoms with E-state index in [1.54, 1.807) is 7.11 Å². The highest BCUT2D eigenvalue weighted by Crippen LogP contribution is 2.12. The molecule has 0 radical (unpaired) electrons. The normalized spacial score (nSPS) is 24.4. The second-order valence-electron chi connectivity index (χ2n) is 4.22. The molecule has 1 aliphatic heterocycles. The molecule has 1 heterocycles. The second-order valence-corrected chi connectivity index (χ2v) is 4.22. The van der Waals surface area contributed by atoms with Gasteiger partial charge in [-0.3, -0.25) is 4.90 Å². The SMILES string of the molecule is COCCCC1CN(C(C)C)CCO1. The molecule has 0 saturated carbocycles. The van der Waals surface area contributed by atoms with Crippen molar-refractivity contribution in [3.05, 3.63) is 0 Å². The molecule has 0 aromatic carbocycles. The highest BCUT2D eigenvalue weighted by Gasteiger charge is 2.21. The van der Waals surface area contributed by atoms with Crippen LogP contribution in [0.3, 0.4) is 0 Å². The average molecular weight is 201 g/mol. The van der Waals surface area contributed by atoms with Crippen molar-refractivity contribution in [2.75, 3.05) is 33.4 Å². The molecule has 0 spiro atoms. The van der Waals surface area contributed by atoms with Crippen molar-refractivity contribution in [3.63, 3.8) is 0 Å². The first-order valence-electron chi connectivity index (χ1n) is 5.58. The number of nitrogens with zero attached hydrogens (tertiary/aromatic N) is 1. The summed E-state index contributed by atoms with van der Waals surface area (Å²) in [7, 11) is 1.75. The summed E-state index contributed by atoms with van der Waals surface area (Å²) in [4.78, 5) is 2.49. The molecule has 1 atom stereocenters. The Hall–Kier alpha value is -0.120. The van der Waals surface area contributed by atoms with E-state index in [2.05, 4.69) is 18.7 Å². The molecule has 1 rings (SSSR count). The molecular formula is C11H23NO2. The first-order chi connectivity index (χ1) is 6.74. The van der Waals surface area contributed by atoms with Crippen molar-refractivity contribution in [1.82, 2.24) is 4.90 Å². The maximum absolute atomic E-state index is 5.71. The van der Waals surface area contributed by atoms with E-state index in [1.807, 2.05) is 0 Å². The van der Waals surface area contributed by atoms with Crippen molar-refractivity contribution in [3.8, 4) is 0 Å². The number of hydrogen-bond donors (Lipinski definition) is 0. The van der Waals surface area contributed by atoms with Crippen LogP contribution in [-0.4, -0.2) is 50.5 Å². The summed E-state index contributed by atoms with van der Waals surface area (Å²) < 4.78 is 10.7. The van der Waals surface area contributed by atoms with Gasteiger partial charge in [0.05, 0.1) is 12.7 Å². The monoisotopic (exact) mass is 201 g/mol. The maximum atomic E-state index is 5.71. The van der Waals surface area contributed by atoms with Crippen LogP contribution in [0.2, 0.25) is 0 Å². The Morgan fingerprint density at radius 3 is 2.93 bits per heavy atom. The lowest BCUT2D eigenvalue weighted by atomic mass is 10.1. The summed E-state index contributed by atoms with van der Waals surface area (Å²) in [5, 5.41) is 0. The van der Waals surface area contributed by atoms with Crippen LogP contribution in [0.4, 0.5) is 0 Å². The Balaban J connectivity index is 2.19. The van der Waals surface area contributed by atoms with Gasteiger partial charge in [0.1, 0.15) is 0 Å². The van der Waals surface area contributed by atoms with E-state index >= 15 is 0 Å². The maximum Gasteiger partial charge on any atom is 0.0703 e. The van der Waals surface area contributed by atoms with Crippen LogP contribution in [0.5, 0.6) is 0 Å². The number of morpholine rings is 1. The van der Waals surface area contributed by atoms with Crippen LogP contribution in [0, 0.1) is 0 Å². The lowest BCUT2D eigenvalue weighted by Crippen LogP contribution is -2.45. The molecule has 1 unspecified atom stereocenters. The zero-order valence-electron chi connectivity index (χ0n) is 9.66. The van der Waals surface area contributed by atoms with Gasteiger partial charge in [-0.1, -0.05) is 0 Å². The Bertz CT molecular complexity index is 150. The van der Waals surface area contributed by atoms with Gasteiger partial charge in [-0.15, -0.1) is 0 Å². The summed E-state index contributed by atoms with van der Waals surface area (Å²) in [6, 6.07) is 0.642. The summed E-state index contributed by atoms with van der Waals surface area (Å²) in [5.41, 5.74) is 0. The highest BCUT2D eigenvalue weighted by atomic mass is 16.5. The van der Waals surface area contributed by atoms with Gasteiger partial charge in [0.2, 0.25) is 0 Å². The van der Waals surface area contributed by atoms with Gasteiger partial charge < -0.3 is 9.47 Å². The predicted octanol–water partition coefficient (Wildman–Crippen LogP) is 1.52. The first kappa shape index (κ1) is 12.0. The highest BCUT2D eigenvalue weighted by molar-refractivity contribution is 4.73. The molecule has 14 heavy (non-hydrogen) atoms. The van der Waals surface area contributed by atoms with Crippen LogP contribution < -0.4 is 0 Å². The van der Waals surface area contributed by atoms with Crippen LogP contribution in [-0.2, 0) is 9.47 Å². The molecule has 1 saturated heterocycles. The molecule has 0 aliphatic carbocycles. The summed E-state index contributed by atoms with van der Waals surface area (Å²) >= 11 is 0. The minimum absolute atomic E-state index is 0.418. The first-order valence-corrected chi connectivity index (χ1v) is 5.58. The van der Waals surface area contributed by atoms with Gasteiger partial charge >= 0.3 is 0 Å². The van der Waals surface area contributed by atoms with Gasteiger partial charge in [0.25, 0.3) is 0 Å². The Kier molecular flexibility index (Phi) is 5.45. The molecule has 1 fully saturated rings. The van der Waals surface area contributed by atoms with Crippen LogP contribution in [0.15, 0.2) is 0 Å². The Morgan fingerprint density at radius 2 is 2.29 bits per heavy atom. The van der Waals surface area contributed by atoms with Gasteiger partial charge in [-0.25, -0.2) is 0 Å². The van der Waals surface area contributed by atoms with Gasteiger partial charge in [-0.2, -0.15) is 0 Å². The molecule has 0 aromatic heterocycles. The van der Waals surface area contributed by atoms with Crippen LogP contribution in [0.1, 0.15) is 26.7 Å². The fraction of sp³-hybridized carbons (Fsp3) is 1.00. The third-order valence-corrected chi connectivity index (χ3v) is 2.78. The largest absolute Gasteiger partial charge is 0.385 e. The minimum atomic E-state index is 0.418.